The highest BCUT2D eigenvalue weighted by molar-refractivity contribution is 6.32. The first kappa shape index (κ1) is 13.2. The van der Waals surface area contributed by atoms with Crippen LogP contribution in [-0.2, 0) is 11.2 Å². The highest BCUT2D eigenvalue weighted by Gasteiger charge is 2.14. The molecule has 0 N–H and O–H groups in total. The lowest BCUT2D eigenvalue weighted by atomic mass is 9.98. The molecule has 0 saturated carbocycles. The third-order valence-corrected chi connectivity index (χ3v) is 2.84. The van der Waals surface area contributed by atoms with Gasteiger partial charge in [0.05, 0.1) is 0 Å². The molecule has 3 nitrogen and oxygen atoms in total. The van der Waals surface area contributed by atoms with Crippen molar-refractivity contribution < 1.29 is 14.3 Å². The van der Waals surface area contributed by atoms with Crippen LogP contribution in [0.4, 0.5) is 4.39 Å². The highest BCUT2D eigenvalue weighted by Crippen LogP contribution is 2.23. The summed E-state index contributed by atoms with van der Waals surface area (Å²) in [6, 6.07) is 1.10. The van der Waals surface area contributed by atoms with Crippen molar-refractivity contribution in [2.45, 2.75) is 19.8 Å². The van der Waals surface area contributed by atoms with E-state index in [-0.39, 0.29) is 16.7 Å². The molecule has 0 aromatic carbocycles. The van der Waals surface area contributed by atoms with E-state index in [1.165, 1.54) is 0 Å². The van der Waals surface area contributed by atoms with Crippen LogP contribution in [0.15, 0.2) is 6.07 Å². The zero-order valence-corrected chi connectivity index (χ0v) is 9.98. The highest BCUT2D eigenvalue weighted by atomic mass is 35.5. The number of carbonyl (C=O) groups excluding carboxylic acids is 1. The minimum absolute atomic E-state index is 0.0195. The third kappa shape index (κ3) is 3.06. The Morgan fingerprint density at radius 3 is 2.69 bits per heavy atom. The molecule has 1 heterocycles. The monoisotopic (exact) mass is 264 g/mol. The molecule has 88 valence electrons. The van der Waals surface area contributed by atoms with Gasteiger partial charge in [-0.15, -0.1) is 0 Å². The lowest BCUT2D eigenvalue weighted by molar-refractivity contribution is -0.311. The standard InChI is InChI=1S/C10H10Cl2FNO2/c1-2-5(10(15)16)3-6-4-7(13)9(12)14-8(6)11/h4-5H,2-3H2,1H3,(H,15,16)/p-1. The van der Waals surface area contributed by atoms with E-state index in [9.17, 15) is 14.3 Å². The zero-order chi connectivity index (χ0) is 12.3. The molecule has 0 aliphatic carbocycles. The molecule has 6 heteroatoms. The van der Waals surface area contributed by atoms with E-state index in [0.717, 1.165) is 6.07 Å². The van der Waals surface area contributed by atoms with Crippen LogP contribution in [0.1, 0.15) is 18.9 Å². The lowest BCUT2D eigenvalue weighted by Gasteiger charge is -2.16. The number of carbonyl (C=O) groups is 1. The Kier molecular flexibility index (Phi) is 4.50. The Balaban J connectivity index is 2.96. The summed E-state index contributed by atoms with van der Waals surface area (Å²) in [7, 11) is 0. The molecule has 16 heavy (non-hydrogen) atoms. The van der Waals surface area contributed by atoms with E-state index in [0.29, 0.717) is 12.0 Å². The molecule has 0 amide bonds. The number of hydrogen-bond acceptors (Lipinski definition) is 3. The molecule has 0 saturated heterocycles. The molecule has 0 aliphatic heterocycles. The van der Waals surface area contributed by atoms with Gasteiger partial charge in [-0.05, 0) is 24.5 Å². The molecule has 1 unspecified atom stereocenters. The molecule has 1 rings (SSSR count). The molecular weight excluding hydrogens is 256 g/mol. The number of halogens is 3. The van der Waals surface area contributed by atoms with Gasteiger partial charge in [0.25, 0.3) is 0 Å². The normalized spacial score (nSPS) is 12.5. The first-order valence-corrected chi connectivity index (χ1v) is 5.42. The van der Waals surface area contributed by atoms with E-state index in [2.05, 4.69) is 4.98 Å². The smallest absolute Gasteiger partial charge is 0.166 e. The van der Waals surface area contributed by atoms with Gasteiger partial charge in [-0.25, -0.2) is 9.37 Å². The van der Waals surface area contributed by atoms with Crippen LogP contribution in [0.2, 0.25) is 10.3 Å². The van der Waals surface area contributed by atoms with Crippen molar-refractivity contribution in [3.05, 3.63) is 27.8 Å². The second kappa shape index (κ2) is 5.46. The summed E-state index contributed by atoms with van der Waals surface area (Å²) < 4.78 is 13.1. The minimum Gasteiger partial charge on any atom is -0.550 e. The van der Waals surface area contributed by atoms with E-state index in [1.54, 1.807) is 6.92 Å². The number of hydrogen-bond donors (Lipinski definition) is 0. The van der Waals surface area contributed by atoms with Gasteiger partial charge in [0.2, 0.25) is 0 Å². The average Bonchev–Trinajstić information content (AvgIpc) is 2.21. The first-order chi connectivity index (χ1) is 7.45. The summed E-state index contributed by atoms with van der Waals surface area (Å²) in [5.74, 6) is -2.61. The van der Waals surface area contributed by atoms with Crippen molar-refractivity contribution in [3.8, 4) is 0 Å². The Morgan fingerprint density at radius 1 is 1.56 bits per heavy atom. The number of aromatic nitrogens is 1. The second-order valence-electron chi connectivity index (χ2n) is 3.34. The van der Waals surface area contributed by atoms with E-state index < -0.39 is 17.7 Å². The predicted molar refractivity (Wildman–Crippen MR) is 56.7 cm³/mol. The number of carboxylic acids is 1. The lowest BCUT2D eigenvalue weighted by Crippen LogP contribution is -2.32. The summed E-state index contributed by atoms with van der Waals surface area (Å²) in [5.41, 5.74) is 0.319. The van der Waals surface area contributed by atoms with Gasteiger partial charge in [0.15, 0.2) is 11.0 Å². The van der Waals surface area contributed by atoms with Crippen molar-refractivity contribution in [2.24, 2.45) is 5.92 Å². The van der Waals surface area contributed by atoms with Crippen LogP contribution in [0.5, 0.6) is 0 Å². The molecule has 1 atom stereocenters. The zero-order valence-electron chi connectivity index (χ0n) is 8.47. The van der Waals surface area contributed by atoms with Gasteiger partial charge >= 0.3 is 0 Å². The van der Waals surface area contributed by atoms with Gasteiger partial charge in [0.1, 0.15) is 5.15 Å². The van der Waals surface area contributed by atoms with Crippen LogP contribution in [0.25, 0.3) is 0 Å². The van der Waals surface area contributed by atoms with Crippen molar-refractivity contribution in [2.75, 3.05) is 0 Å². The van der Waals surface area contributed by atoms with E-state index in [1.807, 2.05) is 0 Å². The SMILES string of the molecule is CCC(Cc1cc(F)c(Cl)nc1Cl)C(=O)[O-]. The van der Waals surface area contributed by atoms with Crippen molar-refractivity contribution in [3.63, 3.8) is 0 Å². The molecule has 0 bridgehead atoms. The first-order valence-electron chi connectivity index (χ1n) is 4.67. The van der Waals surface area contributed by atoms with Gasteiger partial charge in [0, 0.05) is 11.9 Å². The van der Waals surface area contributed by atoms with Crippen LogP contribution >= 0.6 is 23.2 Å². The summed E-state index contributed by atoms with van der Waals surface area (Å²) in [4.78, 5) is 14.3. The number of rotatable bonds is 4. The Bertz CT molecular complexity index is 412. The molecule has 1 aromatic heterocycles. The fourth-order valence-electron chi connectivity index (χ4n) is 1.29. The number of nitrogens with zero attached hydrogens (tertiary/aromatic N) is 1. The third-order valence-electron chi connectivity index (χ3n) is 2.25. The predicted octanol–water partition coefficient (Wildman–Crippen LogP) is 1.85. The van der Waals surface area contributed by atoms with Crippen LogP contribution in [0.3, 0.4) is 0 Å². The van der Waals surface area contributed by atoms with Gasteiger partial charge < -0.3 is 9.90 Å². The Labute approximate surface area is 102 Å². The Morgan fingerprint density at radius 2 is 2.19 bits per heavy atom. The van der Waals surface area contributed by atoms with Crippen LogP contribution in [-0.4, -0.2) is 11.0 Å². The van der Waals surface area contributed by atoms with E-state index in [4.69, 9.17) is 23.2 Å². The summed E-state index contributed by atoms with van der Waals surface area (Å²) in [5, 5.41) is 10.4. The maximum atomic E-state index is 13.1. The van der Waals surface area contributed by atoms with Crippen LogP contribution < -0.4 is 5.11 Å². The molecular formula is C10H9Cl2FNO2-. The maximum absolute atomic E-state index is 13.1. The number of carboxylic acid groups (broad SMARTS) is 1. The second-order valence-corrected chi connectivity index (χ2v) is 4.06. The minimum atomic E-state index is -1.19. The average molecular weight is 265 g/mol. The number of pyridine rings is 1. The summed E-state index contributed by atoms with van der Waals surface area (Å²) >= 11 is 11.2. The van der Waals surface area contributed by atoms with Crippen LogP contribution in [0, 0.1) is 11.7 Å². The summed E-state index contributed by atoms with van der Waals surface area (Å²) in [6.07, 6.45) is 0.460. The fourth-order valence-corrected chi connectivity index (χ4v) is 1.68. The van der Waals surface area contributed by atoms with Gasteiger partial charge in [-0.1, -0.05) is 30.1 Å². The molecule has 0 radical (unpaired) electrons. The van der Waals surface area contributed by atoms with E-state index >= 15 is 0 Å². The maximum Gasteiger partial charge on any atom is 0.166 e. The summed E-state index contributed by atoms with van der Waals surface area (Å²) in [6.45, 7) is 1.70. The van der Waals surface area contributed by atoms with Gasteiger partial charge in [-0.2, -0.15) is 0 Å². The van der Waals surface area contributed by atoms with Crippen molar-refractivity contribution >= 4 is 29.2 Å². The number of aliphatic carboxylic acids is 1. The largest absolute Gasteiger partial charge is 0.550 e. The topological polar surface area (TPSA) is 53.0 Å². The van der Waals surface area contributed by atoms with Crippen molar-refractivity contribution in [1.82, 2.24) is 4.98 Å². The van der Waals surface area contributed by atoms with Gasteiger partial charge in [-0.3, -0.25) is 0 Å². The molecule has 0 spiro atoms. The molecule has 0 aliphatic rings. The molecule has 0 fully saturated rings. The molecule has 1 aromatic rings. The fraction of sp³-hybridized carbons (Fsp3) is 0.400. The van der Waals surface area contributed by atoms with Crippen molar-refractivity contribution in [1.29, 1.82) is 0 Å². The quantitative estimate of drug-likeness (QED) is 0.780. The Hall–Kier alpha value is -0.870.